The number of rotatable bonds is 7. The van der Waals surface area contributed by atoms with E-state index in [-0.39, 0.29) is 0 Å². The van der Waals surface area contributed by atoms with E-state index in [1.165, 1.54) is 20.8 Å². The van der Waals surface area contributed by atoms with E-state index in [0.717, 1.165) is 0 Å². The van der Waals surface area contributed by atoms with Gasteiger partial charge in [0.05, 0.1) is 18.6 Å². The summed E-state index contributed by atoms with van der Waals surface area (Å²) in [4.78, 5) is 33.9. The number of aliphatic carboxylic acids is 1. The summed E-state index contributed by atoms with van der Waals surface area (Å²) in [6.07, 6.45) is -6.76. The molecule has 144 valence electrons. The van der Waals surface area contributed by atoms with E-state index < -0.39 is 67.2 Å². The van der Waals surface area contributed by atoms with E-state index in [1.54, 1.807) is 0 Å². The molecule has 0 radical (unpaired) electrons. The number of carboxylic acid groups (broad SMARTS) is 1. The van der Waals surface area contributed by atoms with Gasteiger partial charge < -0.3 is 45.3 Å². The largest absolute Gasteiger partial charge is 0.548 e. The molecule has 1 rings (SSSR count). The zero-order valence-corrected chi connectivity index (χ0v) is 14.0. The highest BCUT2D eigenvalue weighted by molar-refractivity contribution is 5.85. The molecule has 11 nitrogen and oxygen atoms in total. The lowest BCUT2D eigenvalue weighted by atomic mass is 9.96. The smallest absolute Gasteiger partial charge is 0.249 e. The molecule has 0 aliphatic carbocycles. The van der Waals surface area contributed by atoms with Gasteiger partial charge in [-0.1, -0.05) is 0 Å². The summed E-state index contributed by atoms with van der Waals surface area (Å²) in [7, 11) is 0. The molecule has 0 aromatic heterocycles. The summed E-state index contributed by atoms with van der Waals surface area (Å²) in [5, 5.41) is 44.5. The van der Waals surface area contributed by atoms with E-state index in [9.17, 15) is 34.8 Å². The number of aliphatic hydroxyl groups excluding tert-OH is 3. The van der Waals surface area contributed by atoms with Crippen molar-refractivity contribution < 1.29 is 44.3 Å². The maximum absolute atomic E-state index is 12.0. The van der Waals surface area contributed by atoms with Gasteiger partial charge in [0.25, 0.3) is 0 Å². The molecule has 1 aliphatic heterocycles. The van der Waals surface area contributed by atoms with Crippen molar-refractivity contribution in [2.24, 2.45) is 0 Å². The normalized spacial score (nSPS) is 31.7. The van der Waals surface area contributed by atoms with Gasteiger partial charge in [0.15, 0.2) is 6.29 Å². The van der Waals surface area contributed by atoms with Crippen molar-refractivity contribution >= 4 is 17.8 Å². The molecule has 0 saturated carbocycles. The van der Waals surface area contributed by atoms with Gasteiger partial charge in [-0.15, -0.1) is 0 Å². The molecule has 1 fully saturated rings. The summed E-state index contributed by atoms with van der Waals surface area (Å²) >= 11 is 0. The molecule has 7 atom stereocenters. The van der Waals surface area contributed by atoms with Crippen molar-refractivity contribution in [3.05, 3.63) is 0 Å². The number of hydrogen-bond acceptors (Lipinski definition) is 9. The number of nitrogens with one attached hydrogen (secondary N) is 2. The lowest BCUT2D eigenvalue weighted by Gasteiger charge is -2.43. The highest BCUT2D eigenvalue weighted by atomic mass is 16.6. The highest BCUT2D eigenvalue weighted by Gasteiger charge is 2.46. The second kappa shape index (κ2) is 9.06. The molecule has 1 unspecified atom stereocenters. The second-order valence-electron chi connectivity index (χ2n) is 5.76. The van der Waals surface area contributed by atoms with E-state index in [1.807, 2.05) is 0 Å². The summed E-state index contributed by atoms with van der Waals surface area (Å²) in [5.41, 5.74) is 0. The van der Waals surface area contributed by atoms with Crippen LogP contribution in [0.5, 0.6) is 0 Å². The molecule has 1 saturated heterocycles. The van der Waals surface area contributed by atoms with Gasteiger partial charge in [-0.25, -0.2) is 0 Å². The average Bonchev–Trinajstić information content (AvgIpc) is 2.52. The van der Waals surface area contributed by atoms with Crippen molar-refractivity contribution in [2.75, 3.05) is 6.61 Å². The fourth-order valence-corrected chi connectivity index (χ4v) is 2.32. The van der Waals surface area contributed by atoms with E-state index in [2.05, 4.69) is 10.6 Å². The van der Waals surface area contributed by atoms with Crippen LogP contribution in [-0.2, 0) is 23.9 Å². The van der Waals surface area contributed by atoms with Crippen LogP contribution in [0.3, 0.4) is 0 Å². The van der Waals surface area contributed by atoms with Crippen LogP contribution >= 0.6 is 0 Å². The minimum absolute atomic E-state index is 0.543. The quantitative estimate of drug-likeness (QED) is 0.299. The van der Waals surface area contributed by atoms with Crippen LogP contribution in [0.25, 0.3) is 0 Å². The van der Waals surface area contributed by atoms with Gasteiger partial charge in [-0.3, -0.25) is 9.59 Å². The molecule has 0 aromatic rings. The number of carbonyl (C=O) groups excluding carboxylic acids is 3. The maximum atomic E-state index is 12.0. The molecule has 5 N–H and O–H groups in total. The standard InChI is InChI=1S/C14H24N2O9/c1-5(13(21)22)15-12(20)6(2)24-11-9(16-7(3)18)14(23)25-8(4-17)10(11)19/h5-6,8-11,14,17,19,23H,4H2,1-3H3,(H,15,20)(H,16,18)(H,21,22)/p-1/t5-,6+,8+,9+,10+,11+,14?/m0/s1. The highest BCUT2D eigenvalue weighted by Crippen LogP contribution is 2.23. The molecular formula is C14H23N2O9-. The van der Waals surface area contributed by atoms with Crippen LogP contribution in [0.15, 0.2) is 0 Å². The van der Waals surface area contributed by atoms with Crippen LogP contribution in [0.1, 0.15) is 20.8 Å². The minimum atomic E-state index is -1.59. The van der Waals surface area contributed by atoms with Gasteiger partial charge >= 0.3 is 0 Å². The van der Waals surface area contributed by atoms with E-state index >= 15 is 0 Å². The lowest BCUT2D eigenvalue weighted by molar-refractivity contribution is -0.307. The minimum Gasteiger partial charge on any atom is -0.548 e. The molecule has 0 bridgehead atoms. The summed E-state index contributed by atoms with van der Waals surface area (Å²) in [5.74, 6) is -2.83. The Bertz CT molecular complexity index is 501. The third-order valence-electron chi connectivity index (χ3n) is 3.69. The molecule has 0 spiro atoms. The number of amides is 2. The molecular weight excluding hydrogens is 340 g/mol. The van der Waals surface area contributed by atoms with Gasteiger partial charge in [-0.2, -0.15) is 0 Å². The van der Waals surface area contributed by atoms with E-state index in [0.29, 0.717) is 0 Å². The predicted octanol–water partition coefficient (Wildman–Crippen LogP) is -4.41. The fourth-order valence-electron chi connectivity index (χ4n) is 2.32. The number of aliphatic hydroxyl groups is 3. The Kier molecular flexibility index (Phi) is 7.70. The zero-order valence-electron chi connectivity index (χ0n) is 14.0. The Morgan fingerprint density at radius 2 is 1.88 bits per heavy atom. The SMILES string of the molecule is CC(=O)N[C@H]1C(O)O[C@H](CO)[C@@H](O)[C@@H]1O[C@H](C)C(=O)N[C@@H](C)C(=O)[O-]. The van der Waals surface area contributed by atoms with Crippen molar-refractivity contribution in [1.82, 2.24) is 10.6 Å². The van der Waals surface area contributed by atoms with Crippen molar-refractivity contribution in [2.45, 2.75) is 63.6 Å². The first-order valence-corrected chi connectivity index (χ1v) is 7.64. The maximum Gasteiger partial charge on any atom is 0.249 e. The number of ether oxygens (including phenoxy) is 2. The number of hydrogen-bond donors (Lipinski definition) is 5. The van der Waals surface area contributed by atoms with Gasteiger partial charge in [-0.05, 0) is 13.8 Å². The Labute approximate surface area is 143 Å². The van der Waals surface area contributed by atoms with Crippen molar-refractivity contribution in [3.63, 3.8) is 0 Å². The van der Waals surface area contributed by atoms with Crippen LogP contribution in [-0.4, -0.2) is 82.5 Å². The lowest BCUT2D eigenvalue weighted by Crippen LogP contribution is -2.65. The first kappa shape index (κ1) is 21.3. The summed E-state index contributed by atoms with van der Waals surface area (Å²) in [6, 6.07) is -2.47. The third kappa shape index (κ3) is 5.61. The van der Waals surface area contributed by atoms with Gasteiger partial charge in [0.1, 0.15) is 30.5 Å². The monoisotopic (exact) mass is 363 g/mol. The van der Waals surface area contributed by atoms with Crippen LogP contribution in [0, 0.1) is 0 Å². The topological polar surface area (TPSA) is 177 Å². The van der Waals surface area contributed by atoms with Gasteiger partial charge in [0.2, 0.25) is 11.8 Å². The first-order valence-electron chi connectivity index (χ1n) is 7.64. The Morgan fingerprint density at radius 1 is 1.28 bits per heavy atom. The Hall–Kier alpha value is -1.79. The van der Waals surface area contributed by atoms with Crippen LogP contribution in [0.4, 0.5) is 0 Å². The average molecular weight is 363 g/mol. The van der Waals surface area contributed by atoms with Crippen molar-refractivity contribution in [1.29, 1.82) is 0 Å². The number of carbonyl (C=O) groups is 3. The van der Waals surface area contributed by atoms with Crippen molar-refractivity contribution in [3.8, 4) is 0 Å². The Morgan fingerprint density at radius 3 is 2.36 bits per heavy atom. The summed E-state index contributed by atoms with van der Waals surface area (Å²) < 4.78 is 10.4. The fraction of sp³-hybridized carbons (Fsp3) is 0.786. The molecule has 0 aromatic carbocycles. The molecule has 1 heterocycles. The predicted molar refractivity (Wildman–Crippen MR) is 78.5 cm³/mol. The number of carboxylic acids is 1. The van der Waals surface area contributed by atoms with Crippen LogP contribution < -0.4 is 15.7 Å². The van der Waals surface area contributed by atoms with Gasteiger partial charge in [0, 0.05) is 6.92 Å². The molecule has 1 aliphatic rings. The molecule has 25 heavy (non-hydrogen) atoms. The third-order valence-corrected chi connectivity index (χ3v) is 3.69. The summed E-state index contributed by atoms with van der Waals surface area (Å²) in [6.45, 7) is 3.04. The molecule has 11 heteroatoms. The second-order valence-corrected chi connectivity index (χ2v) is 5.76. The van der Waals surface area contributed by atoms with Crippen LogP contribution in [0.2, 0.25) is 0 Å². The molecule has 2 amide bonds. The Balaban J connectivity index is 2.88. The van der Waals surface area contributed by atoms with E-state index in [4.69, 9.17) is 9.47 Å². The zero-order chi connectivity index (χ0) is 19.3. The first-order chi connectivity index (χ1) is 11.6.